The number of hydrogen-bond acceptors (Lipinski definition) is 1. The minimum absolute atomic E-state index is 0.00163. The molecule has 1 fully saturated rings. The van der Waals surface area contributed by atoms with E-state index in [0.29, 0.717) is 5.92 Å². The van der Waals surface area contributed by atoms with Crippen LogP contribution in [-0.4, -0.2) is 12.2 Å². The zero-order chi connectivity index (χ0) is 12.5. The van der Waals surface area contributed by atoms with Crippen molar-refractivity contribution < 1.29 is 4.74 Å². The highest BCUT2D eigenvalue weighted by Crippen LogP contribution is 2.46. The van der Waals surface area contributed by atoms with E-state index in [0.717, 1.165) is 19.4 Å². The molecule has 0 saturated carbocycles. The molecule has 0 aromatic heterocycles. The van der Waals surface area contributed by atoms with Crippen LogP contribution in [0.1, 0.15) is 46.1 Å². The first kappa shape index (κ1) is 12.6. The van der Waals surface area contributed by atoms with Gasteiger partial charge in [0.25, 0.3) is 0 Å². The van der Waals surface area contributed by atoms with Crippen LogP contribution in [0.15, 0.2) is 30.3 Å². The highest BCUT2D eigenvalue weighted by Gasteiger charge is 2.43. The molecule has 1 aromatic carbocycles. The van der Waals surface area contributed by atoms with Gasteiger partial charge in [-0.1, -0.05) is 44.2 Å². The smallest absolute Gasteiger partial charge is 0.0635 e. The van der Waals surface area contributed by atoms with E-state index >= 15 is 0 Å². The molecular weight excluding hydrogens is 208 g/mol. The van der Waals surface area contributed by atoms with Gasteiger partial charge in [0.1, 0.15) is 0 Å². The first-order chi connectivity index (χ1) is 7.96. The molecule has 0 N–H and O–H groups in total. The van der Waals surface area contributed by atoms with Crippen LogP contribution in [0.3, 0.4) is 0 Å². The van der Waals surface area contributed by atoms with E-state index in [1.807, 2.05) is 0 Å². The average Bonchev–Trinajstić information content (AvgIpc) is 2.28. The maximum atomic E-state index is 5.89. The van der Waals surface area contributed by atoms with Gasteiger partial charge in [0.2, 0.25) is 0 Å². The summed E-state index contributed by atoms with van der Waals surface area (Å²) in [6, 6.07) is 11.0. The maximum absolute atomic E-state index is 5.89. The van der Waals surface area contributed by atoms with E-state index in [9.17, 15) is 0 Å². The van der Waals surface area contributed by atoms with Crippen LogP contribution in [0.25, 0.3) is 0 Å². The third-order valence-electron chi connectivity index (χ3n) is 4.24. The molecule has 0 amide bonds. The molecular formula is C16H24O. The van der Waals surface area contributed by atoms with Crippen molar-refractivity contribution in [3.63, 3.8) is 0 Å². The molecule has 1 saturated heterocycles. The van der Waals surface area contributed by atoms with Gasteiger partial charge in [-0.3, -0.25) is 0 Å². The highest BCUT2D eigenvalue weighted by atomic mass is 16.5. The van der Waals surface area contributed by atoms with Crippen LogP contribution < -0.4 is 0 Å². The Labute approximate surface area is 105 Å². The van der Waals surface area contributed by atoms with Crippen LogP contribution in [-0.2, 0) is 10.2 Å². The van der Waals surface area contributed by atoms with Gasteiger partial charge in [0, 0.05) is 12.0 Å². The molecule has 0 aliphatic carbocycles. The molecule has 0 bridgehead atoms. The Morgan fingerprint density at radius 1 is 1.12 bits per heavy atom. The Kier molecular flexibility index (Phi) is 3.31. The molecule has 94 valence electrons. The zero-order valence-electron chi connectivity index (χ0n) is 11.5. The second-order valence-corrected chi connectivity index (χ2v) is 6.21. The fraction of sp³-hybridized carbons (Fsp3) is 0.625. The quantitative estimate of drug-likeness (QED) is 0.743. The summed E-state index contributed by atoms with van der Waals surface area (Å²) in [6.07, 6.45) is 2.25. The Hall–Kier alpha value is -0.820. The lowest BCUT2D eigenvalue weighted by Gasteiger charge is -2.48. The lowest BCUT2D eigenvalue weighted by molar-refractivity contribution is -0.0920. The van der Waals surface area contributed by atoms with Crippen LogP contribution >= 0.6 is 0 Å². The van der Waals surface area contributed by atoms with E-state index in [1.54, 1.807) is 0 Å². The molecule has 17 heavy (non-hydrogen) atoms. The van der Waals surface area contributed by atoms with Gasteiger partial charge in [0.05, 0.1) is 5.60 Å². The number of rotatable bonds is 2. The molecule has 1 aliphatic heterocycles. The summed E-state index contributed by atoms with van der Waals surface area (Å²) in [4.78, 5) is 0. The van der Waals surface area contributed by atoms with Gasteiger partial charge >= 0.3 is 0 Å². The monoisotopic (exact) mass is 232 g/mol. The van der Waals surface area contributed by atoms with E-state index in [-0.39, 0.29) is 11.0 Å². The standard InChI is InChI=1S/C16H24O/c1-13(2)16(14-8-6-5-7-9-14)10-11-17-15(3,4)12-16/h5-9,13H,10-12H2,1-4H3. The average molecular weight is 232 g/mol. The predicted octanol–water partition coefficient (Wildman–Crippen LogP) is 4.17. The van der Waals surface area contributed by atoms with Crippen LogP contribution in [0.5, 0.6) is 0 Å². The first-order valence-electron chi connectivity index (χ1n) is 6.66. The van der Waals surface area contributed by atoms with E-state index < -0.39 is 0 Å². The molecule has 1 aliphatic rings. The highest BCUT2D eigenvalue weighted by molar-refractivity contribution is 5.27. The second-order valence-electron chi connectivity index (χ2n) is 6.21. The van der Waals surface area contributed by atoms with Crippen molar-refractivity contribution in [2.45, 2.75) is 51.6 Å². The lowest BCUT2D eigenvalue weighted by atomic mass is 9.63. The van der Waals surface area contributed by atoms with E-state index in [2.05, 4.69) is 58.0 Å². The summed E-state index contributed by atoms with van der Waals surface area (Å²) in [5.41, 5.74) is 1.76. The Morgan fingerprint density at radius 3 is 2.29 bits per heavy atom. The SMILES string of the molecule is CC(C)C1(c2ccccc2)CCOC(C)(C)C1. The number of hydrogen-bond donors (Lipinski definition) is 0. The van der Waals surface area contributed by atoms with Gasteiger partial charge in [-0.05, 0) is 38.2 Å². The molecule has 1 heteroatoms. The summed E-state index contributed by atoms with van der Waals surface area (Å²) in [5.74, 6) is 0.646. The van der Waals surface area contributed by atoms with Crippen molar-refractivity contribution in [3.05, 3.63) is 35.9 Å². The molecule has 2 rings (SSSR count). The van der Waals surface area contributed by atoms with Crippen molar-refractivity contribution in [2.75, 3.05) is 6.61 Å². The Balaban J connectivity index is 2.40. The summed E-state index contributed by atoms with van der Waals surface area (Å²) >= 11 is 0. The van der Waals surface area contributed by atoms with Crippen molar-refractivity contribution >= 4 is 0 Å². The molecule has 1 unspecified atom stereocenters. The van der Waals surface area contributed by atoms with Crippen molar-refractivity contribution in [1.29, 1.82) is 0 Å². The van der Waals surface area contributed by atoms with Gasteiger partial charge in [0.15, 0.2) is 0 Å². The number of ether oxygens (including phenoxy) is 1. The summed E-state index contributed by atoms with van der Waals surface area (Å²) in [6.45, 7) is 9.99. The third-order valence-corrected chi connectivity index (χ3v) is 4.24. The normalized spacial score (nSPS) is 28.3. The molecule has 1 heterocycles. The van der Waals surface area contributed by atoms with Crippen molar-refractivity contribution in [3.8, 4) is 0 Å². The molecule has 0 radical (unpaired) electrons. The Morgan fingerprint density at radius 2 is 1.76 bits per heavy atom. The summed E-state index contributed by atoms with van der Waals surface area (Å²) < 4.78 is 5.89. The minimum Gasteiger partial charge on any atom is -0.376 e. The molecule has 1 aromatic rings. The van der Waals surface area contributed by atoms with Gasteiger partial charge < -0.3 is 4.74 Å². The Bertz CT molecular complexity index is 366. The molecule has 0 spiro atoms. The van der Waals surface area contributed by atoms with E-state index in [1.165, 1.54) is 5.56 Å². The van der Waals surface area contributed by atoms with Crippen molar-refractivity contribution in [1.82, 2.24) is 0 Å². The van der Waals surface area contributed by atoms with Gasteiger partial charge in [-0.2, -0.15) is 0 Å². The summed E-state index contributed by atoms with van der Waals surface area (Å²) in [5, 5.41) is 0. The first-order valence-corrected chi connectivity index (χ1v) is 6.66. The van der Waals surface area contributed by atoms with E-state index in [4.69, 9.17) is 4.74 Å². The number of benzene rings is 1. The third kappa shape index (κ3) is 2.40. The van der Waals surface area contributed by atoms with Crippen LogP contribution in [0, 0.1) is 5.92 Å². The predicted molar refractivity (Wildman–Crippen MR) is 72.2 cm³/mol. The summed E-state index contributed by atoms with van der Waals surface area (Å²) in [7, 11) is 0. The van der Waals surface area contributed by atoms with Gasteiger partial charge in [-0.15, -0.1) is 0 Å². The second kappa shape index (κ2) is 4.45. The maximum Gasteiger partial charge on any atom is 0.0635 e. The largest absolute Gasteiger partial charge is 0.376 e. The fourth-order valence-corrected chi connectivity index (χ4v) is 3.25. The molecule has 1 nitrogen and oxygen atoms in total. The van der Waals surface area contributed by atoms with Gasteiger partial charge in [-0.25, -0.2) is 0 Å². The minimum atomic E-state index is -0.00163. The fourth-order valence-electron chi connectivity index (χ4n) is 3.25. The zero-order valence-corrected chi connectivity index (χ0v) is 11.5. The van der Waals surface area contributed by atoms with Crippen LogP contribution in [0.2, 0.25) is 0 Å². The van der Waals surface area contributed by atoms with Crippen LogP contribution in [0.4, 0.5) is 0 Å². The molecule has 1 atom stereocenters. The van der Waals surface area contributed by atoms with Crippen molar-refractivity contribution in [2.24, 2.45) is 5.92 Å². The lowest BCUT2D eigenvalue weighted by Crippen LogP contribution is -2.46. The topological polar surface area (TPSA) is 9.23 Å².